The summed E-state index contributed by atoms with van der Waals surface area (Å²) in [6, 6.07) is 10.7. The molecule has 0 bridgehead atoms. The number of hydrogen-bond donors (Lipinski definition) is 0. The fraction of sp³-hybridized carbons (Fsp3) is 0.188. The molecule has 5 heteroatoms. The summed E-state index contributed by atoms with van der Waals surface area (Å²) in [6.45, 7) is 4.45. The molecular weight excluding hydrogens is 400 g/mol. The number of aryl methyl sites for hydroxylation is 1. The summed E-state index contributed by atoms with van der Waals surface area (Å²) in [5.74, 6) is 0.782. The molecule has 0 aliphatic rings. The number of carbonyl (C=O) groups is 1. The van der Waals surface area contributed by atoms with Gasteiger partial charge in [-0.2, -0.15) is 0 Å². The lowest BCUT2D eigenvalue weighted by atomic mass is 10.2. The summed E-state index contributed by atoms with van der Waals surface area (Å²) in [5, 5.41) is 0. The zero-order valence-electron chi connectivity index (χ0n) is 11.7. The molecule has 110 valence electrons. The van der Waals surface area contributed by atoms with Gasteiger partial charge < -0.3 is 9.47 Å². The number of hydrogen-bond acceptors (Lipinski definition) is 3. The first kappa shape index (κ1) is 16.0. The number of rotatable bonds is 4. The van der Waals surface area contributed by atoms with Gasteiger partial charge in [0.25, 0.3) is 0 Å². The molecule has 2 aromatic carbocycles. The highest BCUT2D eigenvalue weighted by molar-refractivity contribution is 9.10. The van der Waals surface area contributed by atoms with Gasteiger partial charge in [0.2, 0.25) is 0 Å². The predicted octanol–water partition coefficient (Wildman–Crippen LogP) is 5.14. The first-order chi connectivity index (χ1) is 10.0. The fourth-order valence-electron chi connectivity index (χ4n) is 1.75. The standard InChI is InChI=1S/C16H14Br2O3/c1-3-20-14-7-5-11(9-13(14)18)16(19)21-15-6-4-10(2)8-12(15)17/h4-9H,3H2,1-2H3. The first-order valence-electron chi connectivity index (χ1n) is 6.42. The van der Waals surface area contributed by atoms with Gasteiger partial charge in [-0.15, -0.1) is 0 Å². The monoisotopic (exact) mass is 412 g/mol. The molecule has 0 unspecified atom stereocenters. The Labute approximate surface area is 140 Å². The third-order valence-corrected chi connectivity index (χ3v) is 4.00. The van der Waals surface area contributed by atoms with Gasteiger partial charge in [-0.25, -0.2) is 4.79 Å². The average molecular weight is 414 g/mol. The summed E-state index contributed by atoms with van der Waals surface area (Å²) in [7, 11) is 0. The van der Waals surface area contributed by atoms with Gasteiger partial charge in [-0.1, -0.05) is 6.07 Å². The van der Waals surface area contributed by atoms with E-state index in [1.165, 1.54) is 0 Å². The molecular formula is C16H14Br2O3. The van der Waals surface area contributed by atoms with Crippen LogP contribution in [0.1, 0.15) is 22.8 Å². The van der Waals surface area contributed by atoms with Crippen LogP contribution in [0.25, 0.3) is 0 Å². The lowest BCUT2D eigenvalue weighted by Crippen LogP contribution is -2.09. The minimum atomic E-state index is -0.414. The quantitative estimate of drug-likeness (QED) is 0.514. The molecule has 0 atom stereocenters. The third kappa shape index (κ3) is 4.08. The lowest BCUT2D eigenvalue weighted by Gasteiger charge is -2.09. The molecule has 21 heavy (non-hydrogen) atoms. The highest BCUT2D eigenvalue weighted by Crippen LogP contribution is 2.29. The molecule has 2 rings (SSSR count). The molecule has 3 nitrogen and oxygen atoms in total. The van der Waals surface area contributed by atoms with Crippen LogP contribution in [0, 0.1) is 6.92 Å². The molecule has 0 aromatic heterocycles. The zero-order valence-corrected chi connectivity index (χ0v) is 14.8. The zero-order chi connectivity index (χ0) is 15.4. The molecule has 0 amide bonds. The van der Waals surface area contributed by atoms with Gasteiger partial charge in [-0.3, -0.25) is 0 Å². The van der Waals surface area contributed by atoms with Crippen molar-refractivity contribution in [3.8, 4) is 11.5 Å². The largest absolute Gasteiger partial charge is 0.493 e. The van der Waals surface area contributed by atoms with Gasteiger partial charge >= 0.3 is 5.97 Å². The Kier molecular flexibility index (Phi) is 5.42. The summed E-state index contributed by atoms with van der Waals surface area (Å²) in [4.78, 5) is 12.2. The van der Waals surface area contributed by atoms with Crippen LogP contribution in [-0.2, 0) is 0 Å². The number of benzene rings is 2. The van der Waals surface area contributed by atoms with Crippen molar-refractivity contribution >= 4 is 37.8 Å². The van der Waals surface area contributed by atoms with Crippen molar-refractivity contribution < 1.29 is 14.3 Å². The Bertz CT molecular complexity index is 669. The number of esters is 1. The summed E-state index contributed by atoms with van der Waals surface area (Å²) in [5.41, 5.74) is 1.54. The second-order valence-corrected chi connectivity index (χ2v) is 6.11. The van der Waals surface area contributed by atoms with Crippen LogP contribution in [0.2, 0.25) is 0 Å². The Balaban J connectivity index is 2.18. The number of halogens is 2. The number of ether oxygens (including phenoxy) is 2. The van der Waals surface area contributed by atoms with E-state index in [0.29, 0.717) is 23.7 Å². The van der Waals surface area contributed by atoms with Crippen molar-refractivity contribution in [1.82, 2.24) is 0 Å². The van der Waals surface area contributed by atoms with Gasteiger partial charge in [0.15, 0.2) is 0 Å². The first-order valence-corrected chi connectivity index (χ1v) is 8.00. The molecule has 0 aliphatic heterocycles. The molecule has 0 fully saturated rings. The molecule has 0 saturated carbocycles. The van der Waals surface area contributed by atoms with Crippen LogP contribution >= 0.6 is 31.9 Å². The van der Waals surface area contributed by atoms with Crippen molar-refractivity contribution in [3.05, 3.63) is 56.5 Å². The molecule has 0 heterocycles. The van der Waals surface area contributed by atoms with Gasteiger partial charge in [-0.05, 0) is 81.6 Å². The molecule has 0 N–H and O–H groups in total. The van der Waals surface area contributed by atoms with Gasteiger partial charge in [0, 0.05) is 0 Å². The number of carbonyl (C=O) groups excluding carboxylic acids is 1. The molecule has 2 aromatic rings. The summed E-state index contributed by atoms with van der Waals surface area (Å²) in [6.07, 6.45) is 0. The molecule has 0 aliphatic carbocycles. The minimum absolute atomic E-state index is 0.414. The van der Waals surface area contributed by atoms with E-state index in [9.17, 15) is 4.79 Å². The molecule has 0 saturated heterocycles. The van der Waals surface area contributed by atoms with E-state index in [-0.39, 0.29) is 0 Å². The van der Waals surface area contributed by atoms with Gasteiger partial charge in [0.05, 0.1) is 21.1 Å². The van der Waals surface area contributed by atoms with E-state index >= 15 is 0 Å². The van der Waals surface area contributed by atoms with Crippen LogP contribution in [0.4, 0.5) is 0 Å². The summed E-state index contributed by atoms with van der Waals surface area (Å²) >= 11 is 6.77. The summed E-state index contributed by atoms with van der Waals surface area (Å²) < 4.78 is 12.3. The van der Waals surface area contributed by atoms with E-state index in [2.05, 4.69) is 31.9 Å². The van der Waals surface area contributed by atoms with Crippen LogP contribution in [0.5, 0.6) is 11.5 Å². The topological polar surface area (TPSA) is 35.5 Å². The van der Waals surface area contributed by atoms with E-state index in [1.807, 2.05) is 26.0 Å². The van der Waals surface area contributed by atoms with Crippen molar-refractivity contribution in [3.63, 3.8) is 0 Å². The second-order valence-electron chi connectivity index (χ2n) is 4.40. The highest BCUT2D eigenvalue weighted by Gasteiger charge is 2.13. The Morgan fingerprint density at radius 3 is 2.33 bits per heavy atom. The van der Waals surface area contributed by atoms with Crippen molar-refractivity contribution in [2.45, 2.75) is 13.8 Å². The van der Waals surface area contributed by atoms with Crippen molar-refractivity contribution in [2.75, 3.05) is 6.61 Å². The van der Waals surface area contributed by atoms with E-state index < -0.39 is 5.97 Å². The maximum absolute atomic E-state index is 12.2. The highest BCUT2D eigenvalue weighted by atomic mass is 79.9. The van der Waals surface area contributed by atoms with Gasteiger partial charge in [0.1, 0.15) is 11.5 Å². The van der Waals surface area contributed by atoms with E-state index in [4.69, 9.17) is 9.47 Å². The lowest BCUT2D eigenvalue weighted by molar-refractivity contribution is 0.0733. The Hall–Kier alpha value is -1.33. The van der Waals surface area contributed by atoms with Crippen LogP contribution in [0.15, 0.2) is 45.3 Å². The normalized spacial score (nSPS) is 10.3. The molecule has 0 spiro atoms. The Morgan fingerprint density at radius 1 is 1.05 bits per heavy atom. The van der Waals surface area contributed by atoms with Crippen LogP contribution in [0.3, 0.4) is 0 Å². The maximum atomic E-state index is 12.2. The van der Waals surface area contributed by atoms with E-state index in [0.717, 1.165) is 14.5 Å². The second kappa shape index (κ2) is 7.09. The predicted molar refractivity (Wildman–Crippen MR) is 89.1 cm³/mol. The van der Waals surface area contributed by atoms with Crippen LogP contribution < -0.4 is 9.47 Å². The average Bonchev–Trinajstić information content (AvgIpc) is 2.44. The van der Waals surface area contributed by atoms with Crippen molar-refractivity contribution in [1.29, 1.82) is 0 Å². The smallest absolute Gasteiger partial charge is 0.343 e. The maximum Gasteiger partial charge on any atom is 0.343 e. The third-order valence-electron chi connectivity index (χ3n) is 2.76. The Morgan fingerprint density at radius 2 is 1.71 bits per heavy atom. The van der Waals surface area contributed by atoms with Crippen molar-refractivity contribution in [2.24, 2.45) is 0 Å². The minimum Gasteiger partial charge on any atom is -0.493 e. The molecule has 0 radical (unpaired) electrons. The van der Waals surface area contributed by atoms with E-state index in [1.54, 1.807) is 24.3 Å². The van der Waals surface area contributed by atoms with Crippen LogP contribution in [-0.4, -0.2) is 12.6 Å². The SMILES string of the molecule is CCOc1ccc(C(=O)Oc2ccc(C)cc2Br)cc1Br. The fourth-order valence-corrected chi connectivity index (χ4v) is 2.82.